The monoisotopic (exact) mass is 420 g/mol. The van der Waals surface area contributed by atoms with Crippen LogP contribution in [0.15, 0.2) is 69.0 Å². The van der Waals surface area contributed by atoms with Crippen molar-refractivity contribution in [2.75, 3.05) is 12.4 Å². The molecule has 0 aliphatic carbocycles. The quantitative estimate of drug-likeness (QED) is 0.439. The normalized spacial score (nSPS) is 16.3. The Balaban J connectivity index is 1.50. The van der Waals surface area contributed by atoms with Gasteiger partial charge in [-0.05, 0) is 24.5 Å². The first-order chi connectivity index (χ1) is 14.8. The summed E-state index contributed by atoms with van der Waals surface area (Å²) >= 11 is 1.49. The van der Waals surface area contributed by atoms with Gasteiger partial charge in [0.15, 0.2) is 5.69 Å². The van der Waals surface area contributed by atoms with Gasteiger partial charge < -0.3 is 9.15 Å². The average Bonchev–Trinajstić information content (AvgIpc) is 3.47. The highest BCUT2D eigenvalue weighted by atomic mass is 32.2. The molecule has 1 aliphatic heterocycles. The molecule has 5 rings (SSSR count). The van der Waals surface area contributed by atoms with Crippen LogP contribution < -0.4 is 5.56 Å². The van der Waals surface area contributed by atoms with Crippen LogP contribution in [-0.2, 0) is 11.3 Å². The minimum atomic E-state index is -0.148. The second-order valence-electron chi connectivity index (χ2n) is 7.16. The van der Waals surface area contributed by atoms with Crippen molar-refractivity contribution in [3.05, 3.63) is 70.5 Å². The first-order valence-electron chi connectivity index (χ1n) is 9.90. The molecular weight excluding hydrogens is 400 g/mol. The molecule has 0 amide bonds. The lowest BCUT2D eigenvalue weighted by Crippen LogP contribution is -2.24. The van der Waals surface area contributed by atoms with Gasteiger partial charge in [-0.15, -0.1) is 10.2 Å². The van der Waals surface area contributed by atoms with Crippen molar-refractivity contribution in [2.24, 2.45) is 0 Å². The number of benzene rings is 2. The summed E-state index contributed by atoms with van der Waals surface area (Å²) in [5.41, 5.74) is 1.36. The van der Waals surface area contributed by atoms with Crippen molar-refractivity contribution in [3.63, 3.8) is 0 Å². The molecule has 1 atom stereocenters. The zero-order valence-electron chi connectivity index (χ0n) is 16.2. The van der Waals surface area contributed by atoms with E-state index in [1.807, 2.05) is 48.5 Å². The minimum absolute atomic E-state index is 0.148. The lowest BCUT2D eigenvalue weighted by molar-refractivity contribution is 0.128. The maximum atomic E-state index is 13.0. The van der Waals surface area contributed by atoms with E-state index in [-0.39, 0.29) is 11.7 Å². The number of hydrogen-bond donors (Lipinski definition) is 0. The van der Waals surface area contributed by atoms with Crippen LogP contribution in [0.4, 0.5) is 0 Å². The Morgan fingerprint density at radius 3 is 2.63 bits per heavy atom. The SMILES string of the molecule is O=c1c2ccccc2c(-c2nnc(SCC3CCCO3)o2)nn1Cc1ccccc1. The van der Waals surface area contributed by atoms with Crippen LogP contribution in [0.5, 0.6) is 0 Å². The second kappa shape index (κ2) is 8.41. The van der Waals surface area contributed by atoms with Crippen molar-refractivity contribution in [3.8, 4) is 11.6 Å². The molecule has 1 fully saturated rings. The maximum absolute atomic E-state index is 13.0. The smallest absolute Gasteiger partial charge is 0.277 e. The van der Waals surface area contributed by atoms with Gasteiger partial charge in [0.25, 0.3) is 16.7 Å². The van der Waals surface area contributed by atoms with Gasteiger partial charge in [-0.3, -0.25) is 4.79 Å². The van der Waals surface area contributed by atoms with Crippen molar-refractivity contribution in [2.45, 2.75) is 30.7 Å². The van der Waals surface area contributed by atoms with E-state index >= 15 is 0 Å². The molecule has 0 bridgehead atoms. The number of thioether (sulfide) groups is 1. The van der Waals surface area contributed by atoms with E-state index in [0.717, 1.165) is 30.8 Å². The Hall–Kier alpha value is -2.97. The predicted octanol–water partition coefficient (Wildman–Crippen LogP) is 3.77. The fourth-order valence-corrected chi connectivity index (χ4v) is 4.39. The zero-order valence-corrected chi connectivity index (χ0v) is 17.0. The molecular formula is C22H20N4O3S. The molecule has 3 heterocycles. The fourth-order valence-electron chi connectivity index (χ4n) is 3.56. The molecule has 30 heavy (non-hydrogen) atoms. The van der Waals surface area contributed by atoms with Gasteiger partial charge in [0.2, 0.25) is 0 Å². The molecule has 7 nitrogen and oxygen atoms in total. The van der Waals surface area contributed by atoms with E-state index in [4.69, 9.17) is 9.15 Å². The molecule has 1 saturated heterocycles. The summed E-state index contributed by atoms with van der Waals surface area (Å²) < 4.78 is 13.0. The Kier molecular flexibility index (Phi) is 5.33. The molecule has 1 unspecified atom stereocenters. The van der Waals surface area contributed by atoms with Crippen molar-refractivity contribution >= 4 is 22.5 Å². The summed E-state index contributed by atoms with van der Waals surface area (Å²) in [6.07, 6.45) is 2.39. The number of hydrogen-bond acceptors (Lipinski definition) is 7. The van der Waals surface area contributed by atoms with Crippen LogP contribution in [0.2, 0.25) is 0 Å². The van der Waals surface area contributed by atoms with Gasteiger partial charge in [-0.1, -0.05) is 60.3 Å². The molecule has 8 heteroatoms. The topological polar surface area (TPSA) is 83.0 Å². The van der Waals surface area contributed by atoms with Crippen LogP contribution in [-0.4, -0.2) is 38.4 Å². The molecule has 2 aromatic carbocycles. The third-order valence-corrected chi connectivity index (χ3v) is 6.02. The van der Waals surface area contributed by atoms with E-state index in [9.17, 15) is 4.79 Å². The van der Waals surface area contributed by atoms with E-state index in [0.29, 0.717) is 34.1 Å². The van der Waals surface area contributed by atoms with Gasteiger partial charge >= 0.3 is 0 Å². The van der Waals surface area contributed by atoms with Gasteiger partial charge in [0, 0.05) is 17.7 Å². The van der Waals surface area contributed by atoms with E-state index in [1.165, 1.54) is 16.4 Å². The summed E-state index contributed by atoms with van der Waals surface area (Å²) in [6.45, 7) is 1.19. The molecule has 4 aromatic rings. The maximum Gasteiger partial charge on any atom is 0.277 e. The molecule has 1 aliphatic rings. The standard InChI is InChI=1S/C22H20N4O3S/c27-21-18-11-5-4-10-17(18)19(25-26(21)13-15-7-2-1-3-8-15)20-23-24-22(29-20)30-14-16-9-6-12-28-16/h1-5,7-8,10-11,16H,6,9,12-14H2. The summed E-state index contributed by atoms with van der Waals surface area (Å²) in [4.78, 5) is 13.0. The minimum Gasteiger partial charge on any atom is -0.410 e. The molecule has 0 saturated carbocycles. The Morgan fingerprint density at radius 1 is 1.03 bits per heavy atom. The number of nitrogens with zero attached hydrogens (tertiary/aromatic N) is 4. The van der Waals surface area contributed by atoms with Crippen LogP contribution in [0.1, 0.15) is 18.4 Å². The molecule has 152 valence electrons. The zero-order chi connectivity index (χ0) is 20.3. The highest BCUT2D eigenvalue weighted by Gasteiger charge is 2.20. The van der Waals surface area contributed by atoms with Gasteiger partial charge in [-0.2, -0.15) is 5.10 Å². The Morgan fingerprint density at radius 2 is 1.83 bits per heavy atom. The molecule has 0 spiro atoms. The highest BCUT2D eigenvalue weighted by Crippen LogP contribution is 2.28. The predicted molar refractivity (Wildman–Crippen MR) is 115 cm³/mol. The van der Waals surface area contributed by atoms with Crippen LogP contribution in [0.25, 0.3) is 22.4 Å². The van der Waals surface area contributed by atoms with Crippen LogP contribution in [0.3, 0.4) is 0 Å². The van der Waals surface area contributed by atoms with Crippen molar-refractivity contribution < 1.29 is 9.15 Å². The average molecular weight is 420 g/mol. The first kappa shape index (κ1) is 19.0. The summed E-state index contributed by atoms with van der Waals surface area (Å²) in [5.74, 6) is 1.09. The number of aromatic nitrogens is 4. The summed E-state index contributed by atoms with van der Waals surface area (Å²) in [7, 11) is 0. The van der Waals surface area contributed by atoms with E-state index < -0.39 is 0 Å². The molecule has 0 N–H and O–H groups in total. The lowest BCUT2D eigenvalue weighted by atomic mass is 10.1. The van der Waals surface area contributed by atoms with Gasteiger partial charge in [0.05, 0.1) is 18.0 Å². The largest absolute Gasteiger partial charge is 0.410 e. The Bertz CT molecular complexity index is 1220. The van der Waals surface area contributed by atoms with Crippen LogP contribution in [0, 0.1) is 0 Å². The third kappa shape index (κ3) is 3.88. The summed E-state index contributed by atoms with van der Waals surface area (Å²) in [5, 5.41) is 14.7. The van der Waals surface area contributed by atoms with Crippen molar-refractivity contribution in [1.82, 2.24) is 20.0 Å². The number of rotatable bonds is 6. The molecule has 2 aromatic heterocycles. The van der Waals surface area contributed by atoms with Gasteiger partial charge in [0.1, 0.15) is 0 Å². The highest BCUT2D eigenvalue weighted by molar-refractivity contribution is 7.99. The van der Waals surface area contributed by atoms with Crippen molar-refractivity contribution in [1.29, 1.82) is 0 Å². The Labute approximate surface area is 177 Å². The number of fused-ring (bicyclic) bond motifs is 1. The van der Waals surface area contributed by atoms with Gasteiger partial charge in [-0.25, -0.2) is 4.68 Å². The lowest BCUT2D eigenvalue weighted by Gasteiger charge is -2.09. The second-order valence-corrected chi connectivity index (χ2v) is 8.13. The summed E-state index contributed by atoms with van der Waals surface area (Å²) in [6, 6.07) is 17.1. The van der Waals surface area contributed by atoms with E-state index in [2.05, 4.69) is 15.3 Å². The van der Waals surface area contributed by atoms with Crippen LogP contribution >= 0.6 is 11.8 Å². The van der Waals surface area contributed by atoms with E-state index in [1.54, 1.807) is 6.07 Å². The first-order valence-corrected chi connectivity index (χ1v) is 10.9. The third-order valence-electron chi connectivity index (χ3n) is 5.07. The molecule has 0 radical (unpaired) electrons. The fraction of sp³-hybridized carbons (Fsp3) is 0.273. The number of ether oxygens (including phenoxy) is 1.